The third-order valence-electron chi connectivity index (χ3n) is 3.51. The molecule has 0 unspecified atom stereocenters. The van der Waals surface area contributed by atoms with Gasteiger partial charge in [-0.3, -0.25) is 9.89 Å². The first-order chi connectivity index (χ1) is 11.6. The molecule has 0 bridgehead atoms. The Labute approximate surface area is 137 Å². The lowest BCUT2D eigenvalue weighted by Crippen LogP contribution is -2.15. The van der Waals surface area contributed by atoms with E-state index >= 15 is 0 Å². The number of rotatable bonds is 6. The monoisotopic (exact) mass is 327 g/mol. The highest BCUT2D eigenvalue weighted by Gasteiger charge is 2.11. The number of benzene rings is 1. The van der Waals surface area contributed by atoms with Gasteiger partial charge < -0.3 is 10.1 Å². The lowest BCUT2D eigenvalue weighted by molar-refractivity contribution is -0.115. The van der Waals surface area contributed by atoms with Gasteiger partial charge in [-0.25, -0.2) is 0 Å². The first-order valence-corrected chi connectivity index (χ1v) is 7.37. The molecule has 3 N–H and O–H groups in total. The lowest BCUT2D eigenvalue weighted by atomic mass is 10.1. The molecule has 0 aliphatic carbocycles. The summed E-state index contributed by atoms with van der Waals surface area (Å²) in [5.41, 5.74) is 3.37. The molecular formula is C15H17N7O2. The topological polar surface area (TPSA) is 121 Å². The SMILES string of the molecule is Cc1n[nH]c(C)c1CC(=O)Nc1ccc(OCc2nn[nH]n2)cc1. The van der Waals surface area contributed by atoms with Crippen molar-refractivity contribution in [1.29, 1.82) is 0 Å². The maximum Gasteiger partial charge on any atom is 0.228 e. The van der Waals surface area contributed by atoms with Gasteiger partial charge >= 0.3 is 0 Å². The van der Waals surface area contributed by atoms with Crippen LogP contribution in [0.5, 0.6) is 5.75 Å². The summed E-state index contributed by atoms with van der Waals surface area (Å²) in [7, 11) is 0. The second kappa shape index (κ2) is 6.90. The molecular weight excluding hydrogens is 310 g/mol. The number of nitrogens with one attached hydrogen (secondary N) is 3. The van der Waals surface area contributed by atoms with Crippen molar-refractivity contribution in [2.45, 2.75) is 26.9 Å². The summed E-state index contributed by atoms with van der Waals surface area (Å²) in [4.78, 5) is 12.1. The first kappa shape index (κ1) is 15.7. The molecule has 0 aliphatic rings. The molecule has 0 saturated carbocycles. The van der Waals surface area contributed by atoms with Crippen molar-refractivity contribution in [2.75, 3.05) is 5.32 Å². The Morgan fingerprint density at radius 3 is 2.62 bits per heavy atom. The van der Waals surface area contributed by atoms with Gasteiger partial charge in [0.15, 0.2) is 6.61 Å². The standard InChI is InChI=1S/C15H17N7O2/c1-9-13(10(2)18-17-9)7-15(23)16-11-3-5-12(6-4-11)24-8-14-19-21-22-20-14/h3-6H,7-8H2,1-2H3,(H,16,23)(H,17,18)(H,19,20,21,22). The molecule has 1 amide bonds. The van der Waals surface area contributed by atoms with E-state index in [2.05, 4.69) is 36.1 Å². The Kier molecular flexibility index (Phi) is 4.50. The highest BCUT2D eigenvalue weighted by molar-refractivity contribution is 5.92. The lowest BCUT2D eigenvalue weighted by Gasteiger charge is -2.07. The Morgan fingerprint density at radius 1 is 1.21 bits per heavy atom. The van der Waals surface area contributed by atoms with Crippen LogP contribution >= 0.6 is 0 Å². The number of carbonyl (C=O) groups excluding carboxylic acids is 1. The van der Waals surface area contributed by atoms with Crippen LogP contribution in [0.1, 0.15) is 22.8 Å². The molecule has 2 heterocycles. The Balaban J connectivity index is 1.54. The molecule has 24 heavy (non-hydrogen) atoms. The molecule has 2 aromatic heterocycles. The highest BCUT2D eigenvalue weighted by Crippen LogP contribution is 2.17. The fourth-order valence-electron chi connectivity index (χ4n) is 2.23. The van der Waals surface area contributed by atoms with Crippen molar-refractivity contribution in [3.05, 3.63) is 47.0 Å². The predicted molar refractivity (Wildman–Crippen MR) is 85.3 cm³/mol. The second-order valence-electron chi connectivity index (χ2n) is 5.28. The molecule has 0 spiro atoms. The van der Waals surface area contributed by atoms with Crippen LogP contribution in [-0.4, -0.2) is 36.7 Å². The minimum absolute atomic E-state index is 0.0944. The number of carbonyl (C=O) groups is 1. The fraction of sp³-hybridized carbons (Fsp3) is 0.267. The van der Waals surface area contributed by atoms with Crippen molar-refractivity contribution in [1.82, 2.24) is 30.8 Å². The number of aromatic nitrogens is 6. The van der Waals surface area contributed by atoms with Gasteiger partial charge in [-0.1, -0.05) is 5.21 Å². The van der Waals surface area contributed by atoms with Crippen LogP contribution in [-0.2, 0) is 17.8 Å². The zero-order valence-corrected chi connectivity index (χ0v) is 13.3. The van der Waals surface area contributed by atoms with Crippen molar-refractivity contribution in [2.24, 2.45) is 0 Å². The van der Waals surface area contributed by atoms with Crippen LogP contribution < -0.4 is 10.1 Å². The summed E-state index contributed by atoms with van der Waals surface area (Å²) in [5, 5.41) is 23.2. The third kappa shape index (κ3) is 3.75. The summed E-state index contributed by atoms with van der Waals surface area (Å²) < 4.78 is 5.52. The van der Waals surface area contributed by atoms with E-state index in [1.807, 2.05) is 13.8 Å². The van der Waals surface area contributed by atoms with Crippen molar-refractivity contribution < 1.29 is 9.53 Å². The maximum atomic E-state index is 12.1. The average Bonchev–Trinajstić information content (AvgIpc) is 3.20. The molecule has 9 heteroatoms. The largest absolute Gasteiger partial charge is 0.485 e. The molecule has 9 nitrogen and oxygen atoms in total. The molecule has 0 aliphatic heterocycles. The van der Waals surface area contributed by atoms with Crippen molar-refractivity contribution in [3.63, 3.8) is 0 Å². The van der Waals surface area contributed by atoms with Crippen LogP contribution in [0.15, 0.2) is 24.3 Å². The van der Waals surface area contributed by atoms with Crippen molar-refractivity contribution >= 4 is 11.6 Å². The number of aryl methyl sites for hydroxylation is 2. The van der Waals surface area contributed by atoms with Crippen molar-refractivity contribution in [3.8, 4) is 5.75 Å². The predicted octanol–water partition coefficient (Wildman–Crippen LogP) is 1.30. The normalized spacial score (nSPS) is 10.6. The minimum Gasteiger partial charge on any atom is -0.485 e. The summed E-state index contributed by atoms with van der Waals surface area (Å²) in [5.74, 6) is 1.03. The number of hydrogen-bond acceptors (Lipinski definition) is 6. The molecule has 0 radical (unpaired) electrons. The fourth-order valence-corrected chi connectivity index (χ4v) is 2.23. The summed E-state index contributed by atoms with van der Waals surface area (Å²) >= 11 is 0. The van der Waals surface area contributed by atoms with Crippen LogP contribution in [0.4, 0.5) is 5.69 Å². The van der Waals surface area contributed by atoms with Gasteiger partial charge in [0.25, 0.3) is 0 Å². The number of H-pyrrole nitrogens is 2. The Bertz CT molecular complexity index is 789. The van der Waals surface area contributed by atoms with E-state index < -0.39 is 0 Å². The van der Waals surface area contributed by atoms with E-state index in [4.69, 9.17) is 4.74 Å². The van der Waals surface area contributed by atoms with Crippen LogP contribution in [0.2, 0.25) is 0 Å². The number of anilines is 1. The summed E-state index contributed by atoms with van der Waals surface area (Å²) in [6, 6.07) is 7.09. The van der Waals surface area contributed by atoms with Crippen LogP contribution in [0.25, 0.3) is 0 Å². The first-order valence-electron chi connectivity index (χ1n) is 7.37. The summed E-state index contributed by atoms with van der Waals surface area (Å²) in [6.07, 6.45) is 0.282. The molecule has 1 aromatic carbocycles. The van der Waals surface area contributed by atoms with Crippen LogP contribution in [0, 0.1) is 13.8 Å². The Morgan fingerprint density at radius 2 is 2.00 bits per heavy atom. The van der Waals surface area contributed by atoms with Crippen LogP contribution in [0.3, 0.4) is 0 Å². The number of amides is 1. The number of ether oxygens (including phenoxy) is 1. The van der Waals surface area contributed by atoms with Gasteiger partial charge in [0.1, 0.15) is 5.75 Å². The van der Waals surface area contributed by atoms with Gasteiger partial charge in [-0.15, -0.1) is 10.2 Å². The molecule has 3 rings (SSSR count). The molecule has 0 atom stereocenters. The van der Waals surface area contributed by atoms with E-state index in [1.54, 1.807) is 24.3 Å². The average molecular weight is 327 g/mol. The molecule has 0 fully saturated rings. The minimum atomic E-state index is -0.0944. The van der Waals surface area contributed by atoms with Gasteiger partial charge in [0, 0.05) is 16.9 Å². The van der Waals surface area contributed by atoms with E-state index in [0.717, 1.165) is 17.0 Å². The number of hydrogen-bond donors (Lipinski definition) is 3. The van der Waals surface area contributed by atoms with Gasteiger partial charge in [0.2, 0.25) is 11.7 Å². The van der Waals surface area contributed by atoms with E-state index in [1.165, 1.54) is 0 Å². The maximum absolute atomic E-state index is 12.1. The number of tetrazole rings is 1. The van der Waals surface area contributed by atoms with Gasteiger partial charge in [-0.2, -0.15) is 10.3 Å². The Hall–Kier alpha value is -3.23. The molecule has 124 valence electrons. The van der Waals surface area contributed by atoms with E-state index in [0.29, 0.717) is 17.3 Å². The smallest absolute Gasteiger partial charge is 0.228 e. The number of aromatic amines is 2. The molecule has 3 aromatic rings. The quantitative estimate of drug-likeness (QED) is 0.627. The van der Waals surface area contributed by atoms with Gasteiger partial charge in [-0.05, 0) is 38.1 Å². The second-order valence-corrected chi connectivity index (χ2v) is 5.28. The van der Waals surface area contributed by atoms with E-state index in [9.17, 15) is 4.79 Å². The molecule has 0 saturated heterocycles. The van der Waals surface area contributed by atoms with E-state index in [-0.39, 0.29) is 18.9 Å². The summed E-state index contributed by atoms with van der Waals surface area (Å²) in [6.45, 7) is 4.00. The third-order valence-corrected chi connectivity index (χ3v) is 3.51. The zero-order chi connectivity index (χ0) is 16.9. The number of nitrogens with zero attached hydrogens (tertiary/aromatic N) is 4. The highest BCUT2D eigenvalue weighted by atomic mass is 16.5. The van der Waals surface area contributed by atoms with Gasteiger partial charge in [0.05, 0.1) is 12.1 Å². The zero-order valence-electron chi connectivity index (χ0n) is 13.3.